The summed E-state index contributed by atoms with van der Waals surface area (Å²) in [4.78, 5) is 30.6. The van der Waals surface area contributed by atoms with Crippen molar-refractivity contribution in [3.05, 3.63) is 64.3 Å². The molecule has 0 aromatic heterocycles. The quantitative estimate of drug-likeness (QED) is 0.719. The summed E-state index contributed by atoms with van der Waals surface area (Å²) >= 11 is 6.29. The lowest BCUT2D eigenvalue weighted by Crippen LogP contribution is -2.40. The number of aliphatic hydroxyl groups is 1. The van der Waals surface area contributed by atoms with Crippen molar-refractivity contribution >= 4 is 34.7 Å². The second kappa shape index (κ2) is 8.73. The highest BCUT2D eigenvalue weighted by atomic mass is 35.5. The molecule has 4 rings (SSSR count). The van der Waals surface area contributed by atoms with Gasteiger partial charge in [-0.2, -0.15) is 0 Å². The summed E-state index contributed by atoms with van der Waals surface area (Å²) in [5.74, 6) is -0.197. The van der Waals surface area contributed by atoms with Gasteiger partial charge in [-0.15, -0.1) is 0 Å². The fraction of sp³-hybridized carbons (Fsp3) is 0.333. The number of aliphatic hydroxyl groups excluding tert-OH is 1. The van der Waals surface area contributed by atoms with E-state index in [1.165, 1.54) is 4.90 Å². The lowest BCUT2D eigenvalue weighted by Gasteiger charge is -2.34. The van der Waals surface area contributed by atoms with Crippen molar-refractivity contribution in [2.24, 2.45) is 5.92 Å². The third-order valence-electron chi connectivity index (χ3n) is 6.01. The number of hydrogen-bond acceptors (Lipinski definition) is 5. The maximum absolute atomic E-state index is 13.7. The minimum absolute atomic E-state index is 0.0486. The van der Waals surface area contributed by atoms with Crippen LogP contribution in [-0.4, -0.2) is 48.6 Å². The fourth-order valence-electron chi connectivity index (χ4n) is 4.38. The Hall–Kier alpha value is -2.83. The van der Waals surface area contributed by atoms with Crippen molar-refractivity contribution in [3.8, 4) is 5.75 Å². The van der Waals surface area contributed by atoms with E-state index in [1.807, 2.05) is 17.0 Å². The minimum atomic E-state index is -0.402. The number of nitrogens with zero attached hydrogens (tertiary/aromatic N) is 2. The molecule has 0 aliphatic carbocycles. The van der Waals surface area contributed by atoms with Crippen LogP contribution in [0.1, 0.15) is 24.0 Å². The third kappa shape index (κ3) is 3.70. The average molecular weight is 441 g/mol. The summed E-state index contributed by atoms with van der Waals surface area (Å²) < 4.78 is 5.51. The largest absolute Gasteiger partial charge is 0.496 e. The average Bonchev–Trinajstić information content (AvgIpc) is 3.05. The number of ether oxygens (including phenoxy) is 1. The lowest BCUT2D eigenvalue weighted by atomic mass is 9.96. The van der Waals surface area contributed by atoms with Crippen LogP contribution in [0.3, 0.4) is 0 Å². The highest BCUT2D eigenvalue weighted by Gasteiger charge is 2.44. The molecule has 0 saturated carbocycles. The highest BCUT2D eigenvalue weighted by Crippen LogP contribution is 2.40. The van der Waals surface area contributed by atoms with Gasteiger partial charge in [-0.1, -0.05) is 35.9 Å². The summed E-state index contributed by atoms with van der Waals surface area (Å²) in [6, 6.07) is 12.4. The van der Waals surface area contributed by atoms with Gasteiger partial charge in [0.2, 0.25) is 0 Å². The first-order valence-electron chi connectivity index (χ1n) is 10.3. The maximum atomic E-state index is 13.7. The Morgan fingerprint density at radius 3 is 2.65 bits per heavy atom. The monoisotopic (exact) mass is 440 g/mol. The molecule has 2 aromatic carbocycles. The number of carbonyl (C=O) groups is 2. The Balaban J connectivity index is 1.88. The van der Waals surface area contributed by atoms with Crippen LogP contribution < -0.4 is 9.64 Å². The van der Waals surface area contributed by atoms with E-state index in [1.54, 1.807) is 44.4 Å². The van der Waals surface area contributed by atoms with E-state index in [9.17, 15) is 14.7 Å². The zero-order chi connectivity index (χ0) is 22.1. The van der Waals surface area contributed by atoms with E-state index in [-0.39, 0.29) is 18.4 Å². The molecule has 0 bridgehead atoms. The van der Waals surface area contributed by atoms with Crippen LogP contribution in [0.4, 0.5) is 5.69 Å². The molecule has 2 amide bonds. The first kappa shape index (κ1) is 21.4. The molecule has 2 aliphatic rings. The van der Waals surface area contributed by atoms with Gasteiger partial charge in [-0.25, -0.2) is 4.90 Å². The number of piperidine rings is 1. The van der Waals surface area contributed by atoms with Gasteiger partial charge in [-0.3, -0.25) is 9.59 Å². The smallest absolute Gasteiger partial charge is 0.282 e. The van der Waals surface area contributed by atoms with Gasteiger partial charge in [0.1, 0.15) is 11.4 Å². The van der Waals surface area contributed by atoms with Crippen molar-refractivity contribution in [2.45, 2.75) is 19.8 Å². The predicted octanol–water partition coefficient (Wildman–Crippen LogP) is 3.65. The van der Waals surface area contributed by atoms with E-state index in [4.69, 9.17) is 16.3 Å². The Bertz CT molecular complexity index is 1070. The molecule has 0 spiro atoms. The van der Waals surface area contributed by atoms with Crippen molar-refractivity contribution in [3.63, 3.8) is 0 Å². The van der Waals surface area contributed by atoms with Gasteiger partial charge in [0.15, 0.2) is 0 Å². The number of rotatable bonds is 5. The molecule has 2 heterocycles. The number of anilines is 1. The molecule has 1 saturated heterocycles. The highest BCUT2D eigenvalue weighted by molar-refractivity contribution is 6.46. The number of halogens is 1. The molecular weight excluding hydrogens is 416 g/mol. The van der Waals surface area contributed by atoms with Crippen molar-refractivity contribution in [2.75, 3.05) is 31.7 Å². The topological polar surface area (TPSA) is 70.1 Å². The Kier molecular flexibility index (Phi) is 6.03. The van der Waals surface area contributed by atoms with E-state index in [0.29, 0.717) is 51.9 Å². The van der Waals surface area contributed by atoms with Gasteiger partial charge >= 0.3 is 0 Å². The molecule has 162 valence electrons. The standard InChI is InChI=1S/C24H25ClN2O4/c1-15-18(25)9-5-10-19(15)27-23(29)21(17-8-3-4-11-20(17)31-2)22(24(27)30)26-12-6-7-16(13-26)14-28/h3-5,8-11,16,28H,6-7,12-14H2,1-2H3. The van der Waals surface area contributed by atoms with Crippen LogP contribution in [0.2, 0.25) is 5.02 Å². The van der Waals surface area contributed by atoms with Crippen LogP contribution in [-0.2, 0) is 9.59 Å². The number of likely N-dealkylation sites (tertiary alicyclic amines) is 1. The predicted molar refractivity (Wildman–Crippen MR) is 120 cm³/mol. The van der Waals surface area contributed by atoms with Crippen LogP contribution in [0.15, 0.2) is 48.2 Å². The molecule has 2 aromatic rings. The summed E-state index contributed by atoms with van der Waals surface area (Å²) in [5, 5.41) is 10.2. The fourth-order valence-corrected chi connectivity index (χ4v) is 4.55. The summed E-state index contributed by atoms with van der Waals surface area (Å²) in [6.07, 6.45) is 1.73. The molecule has 1 atom stereocenters. The Morgan fingerprint density at radius 2 is 1.90 bits per heavy atom. The van der Waals surface area contributed by atoms with E-state index in [0.717, 1.165) is 12.8 Å². The lowest BCUT2D eigenvalue weighted by molar-refractivity contribution is -0.120. The zero-order valence-electron chi connectivity index (χ0n) is 17.6. The molecular formula is C24H25ClN2O4. The van der Waals surface area contributed by atoms with Crippen LogP contribution in [0.5, 0.6) is 5.75 Å². The molecule has 1 N–H and O–H groups in total. The number of imide groups is 1. The maximum Gasteiger partial charge on any atom is 0.282 e. The van der Waals surface area contributed by atoms with Crippen LogP contribution in [0.25, 0.3) is 5.57 Å². The summed E-state index contributed by atoms with van der Waals surface area (Å²) in [5.41, 5.74) is 2.39. The van der Waals surface area contributed by atoms with E-state index < -0.39 is 5.91 Å². The number of hydrogen-bond donors (Lipinski definition) is 1. The van der Waals surface area contributed by atoms with Crippen LogP contribution in [0, 0.1) is 12.8 Å². The van der Waals surface area contributed by atoms with Gasteiger partial charge in [0, 0.05) is 30.3 Å². The number of carbonyl (C=O) groups excluding carboxylic acids is 2. The molecule has 6 nitrogen and oxygen atoms in total. The molecule has 2 aliphatic heterocycles. The van der Waals surface area contributed by atoms with Crippen LogP contribution >= 0.6 is 11.6 Å². The number of para-hydroxylation sites is 1. The first-order chi connectivity index (χ1) is 15.0. The van der Waals surface area contributed by atoms with Crippen molar-refractivity contribution in [1.29, 1.82) is 0 Å². The molecule has 7 heteroatoms. The number of amides is 2. The second-order valence-electron chi connectivity index (χ2n) is 7.89. The number of methoxy groups -OCH3 is 1. The molecule has 1 unspecified atom stereocenters. The molecule has 1 fully saturated rings. The second-order valence-corrected chi connectivity index (χ2v) is 8.30. The first-order valence-corrected chi connectivity index (χ1v) is 10.7. The van der Waals surface area contributed by atoms with E-state index >= 15 is 0 Å². The molecule has 31 heavy (non-hydrogen) atoms. The SMILES string of the molecule is COc1ccccc1C1=C(N2CCCC(CO)C2)C(=O)N(c2cccc(Cl)c2C)C1=O. The number of benzene rings is 2. The minimum Gasteiger partial charge on any atom is -0.496 e. The van der Waals surface area contributed by atoms with Crippen molar-refractivity contribution in [1.82, 2.24) is 4.90 Å². The Morgan fingerprint density at radius 1 is 1.13 bits per heavy atom. The summed E-state index contributed by atoms with van der Waals surface area (Å²) in [7, 11) is 1.54. The van der Waals surface area contributed by atoms with E-state index in [2.05, 4.69) is 0 Å². The normalized spacial score (nSPS) is 19.4. The summed E-state index contributed by atoms with van der Waals surface area (Å²) in [6.45, 7) is 3.01. The van der Waals surface area contributed by atoms with Gasteiger partial charge in [-0.05, 0) is 49.4 Å². The van der Waals surface area contributed by atoms with Gasteiger partial charge < -0.3 is 14.7 Å². The zero-order valence-corrected chi connectivity index (χ0v) is 18.4. The van der Waals surface area contributed by atoms with Crippen molar-refractivity contribution < 1.29 is 19.4 Å². The third-order valence-corrected chi connectivity index (χ3v) is 6.42. The van der Waals surface area contributed by atoms with Gasteiger partial charge in [0.05, 0.1) is 18.4 Å². The Labute approximate surface area is 186 Å². The van der Waals surface area contributed by atoms with Gasteiger partial charge in [0.25, 0.3) is 11.8 Å². The molecule has 0 radical (unpaired) electrons.